The van der Waals surface area contributed by atoms with E-state index in [-0.39, 0.29) is 0 Å². The Morgan fingerprint density at radius 2 is 0.879 bits per heavy atom. The molecule has 1 aliphatic rings. The summed E-state index contributed by atoms with van der Waals surface area (Å²) in [6.45, 7) is 5.00. The van der Waals surface area contributed by atoms with Crippen LogP contribution in [0.15, 0.2) is 218 Å². The third kappa shape index (κ3) is 5.40. The maximum atomic E-state index is 2.54. The molecular weight excluding hydrogens is 833 g/mol. The van der Waals surface area contributed by atoms with E-state index in [1.807, 2.05) is 11.3 Å². The highest BCUT2D eigenvalue weighted by atomic mass is 32.1. The third-order valence-corrected chi connectivity index (χ3v) is 19.2. The normalized spacial score (nSPS) is 13.1. The molecule has 66 heavy (non-hydrogen) atoms. The van der Waals surface area contributed by atoms with Crippen LogP contribution in [0, 0.1) is 0 Å². The van der Waals surface area contributed by atoms with Gasteiger partial charge in [-0.05, 0) is 121 Å². The smallest absolute Gasteiger partial charge is 0.113 e. The summed E-state index contributed by atoms with van der Waals surface area (Å²) in [5, 5.41) is 13.4. The van der Waals surface area contributed by atoms with Gasteiger partial charge in [-0.2, -0.15) is 0 Å². The molecule has 0 fully saturated rings. The van der Waals surface area contributed by atoms with Crippen molar-refractivity contribution < 1.29 is 0 Å². The van der Waals surface area contributed by atoms with Gasteiger partial charge in [-0.1, -0.05) is 165 Å². The fourth-order valence-corrected chi connectivity index (χ4v) is 15.7. The molecular formula is C62H42N2SSi. The Morgan fingerprint density at radius 3 is 1.62 bits per heavy atom. The number of aromatic nitrogens is 1. The molecule has 1 aliphatic heterocycles. The quantitative estimate of drug-likeness (QED) is 0.156. The van der Waals surface area contributed by atoms with E-state index in [1.165, 1.54) is 118 Å². The Labute approximate surface area is 387 Å². The summed E-state index contributed by atoms with van der Waals surface area (Å²) >= 11 is 1.90. The minimum atomic E-state index is -1.90. The van der Waals surface area contributed by atoms with Gasteiger partial charge in [0, 0.05) is 58.8 Å². The van der Waals surface area contributed by atoms with Crippen LogP contribution in [0.4, 0.5) is 17.1 Å². The zero-order chi connectivity index (χ0) is 43.7. The second-order valence-electron chi connectivity index (χ2n) is 18.4. The molecule has 4 heteroatoms. The standard InChI is InChI=1S/C62H42N2SSi/c1-66(2)58-24-9-7-16-47(58)48-35-34-45(38-59(48)66)63(43-30-25-40(26-31-43)39-13-4-3-5-14-39)44-32-27-41(28-33-44)42-29-36-55-53(37-42)52-20-10-19-51-50-18-12-23-57-61(50)60-49(17-11-22-56(60)65-57)46-15-6-8-21-54(46)64(55)62(51)52/h3-38H,1-2H3. The predicted octanol–water partition coefficient (Wildman–Crippen LogP) is 16.5. The summed E-state index contributed by atoms with van der Waals surface area (Å²) in [5.74, 6) is 0. The molecule has 0 amide bonds. The lowest BCUT2D eigenvalue weighted by atomic mass is 9.99. The molecule has 310 valence electrons. The number of fused-ring (bicyclic) bond motifs is 10. The first kappa shape index (κ1) is 37.6. The van der Waals surface area contributed by atoms with Crippen molar-refractivity contribution in [2.45, 2.75) is 13.1 Å². The van der Waals surface area contributed by atoms with Gasteiger partial charge in [0.25, 0.3) is 0 Å². The van der Waals surface area contributed by atoms with Crippen molar-refractivity contribution in [1.29, 1.82) is 0 Å². The van der Waals surface area contributed by atoms with Gasteiger partial charge in [0.1, 0.15) is 8.07 Å². The predicted molar refractivity (Wildman–Crippen MR) is 288 cm³/mol. The van der Waals surface area contributed by atoms with Gasteiger partial charge in [-0.15, -0.1) is 11.3 Å². The van der Waals surface area contributed by atoms with E-state index < -0.39 is 8.07 Å². The van der Waals surface area contributed by atoms with E-state index >= 15 is 0 Å². The van der Waals surface area contributed by atoms with Crippen molar-refractivity contribution in [1.82, 2.24) is 4.40 Å². The number of para-hydroxylation sites is 2. The monoisotopic (exact) mass is 874 g/mol. The molecule has 10 aromatic carbocycles. The topological polar surface area (TPSA) is 7.65 Å². The minimum absolute atomic E-state index is 1.13. The largest absolute Gasteiger partial charge is 0.311 e. The first-order valence-corrected chi connectivity index (χ1v) is 26.7. The molecule has 0 saturated carbocycles. The highest BCUT2D eigenvalue weighted by Gasteiger charge is 2.37. The molecule has 0 N–H and O–H groups in total. The van der Waals surface area contributed by atoms with Crippen molar-refractivity contribution in [2.24, 2.45) is 0 Å². The molecule has 0 atom stereocenters. The van der Waals surface area contributed by atoms with Crippen molar-refractivity contribution in [3.63, 3.8) is 0 Å². The number of nitrogens with zero attached hydrogens (tertiary/aromatic N) is 2. The molecule has 4 heterocycles. The first-order valence-electron chi connectivity index (χ1n) is 22.9. The molecule has 2 nitrogen and oxygen atoms in total. The minimum Gasteiger partial charge on any atom is -0.311 e. The molecule has 0 bridgehead atoms. The van der Waals surface area contributed by atoms with Crippen LogP contribution in [0.2, 0.25) is 13.1 Å². The Hall–Kier alpha value is -7.76. The average Bonchev–Trinajstić information content (AvgIpc) is 4.00. The van der Waals surface area contributed by atoms with Gasteiger partial charge in [0.15, 0.2) is 0 Å². The van der Waals surface area contributed by atoms with Crippen LogP contribution in [0.3, 0.4) is 0 Å². The third-order valence-electron chi connectivity index (χ3n) is 14.6. The van der Waals surface area contributed by atoms with Crippen LogP contribution in [0.25, 0.3) is 102 Å². The lowest BCUT2D eigenvalue weighted by Gasteiger charge is -2.28. The Kier molecular flexibility index (Phi) is 8.04. The SMILES string of the molecule is C[Si]1(C)c2ccccc2-c2ccc(N(c3ccc(-c4ccccc4)cc3)c3ccc(-c4ccc5c(c4)c4cccc6c7cccc8sc9cccc(c%10ccccc%10n5c64)c9c87)cc3)cc21. The summed E-state index contributed by atoms with van der Waals surface area (Å²) in [5.41, 5.74) is 14.7. The van der Waals surface area contributed by atoms with Gasteiger partial charge in [-0.3, -0.25) is 0 Å². The second kappa shape index (κ2) is 14.1. The van der Waals surface area contributed by atoms with E-state index in [0.717, 1.165) is 11.4 Å². The number of rotatable bonds is 5. The van der Waals surface area contributed by atoms with Crippen LogP contribution in [0.5, 0.6) is 0 Å². The number of hydrogen-bond acceptors (Lipinski definition) is 2. The van der Waals surface area contributed by atoms with Gasteiger partial charge in [0.05, 0.1) is 16.6 Å². The van der Waals surface area contributed by atoms with Crippen LogP contribution in [0.1, 0.15) is 0 Å². The zero-order valence-electron chi connectivity index (χ0n) is 36.6. The van der Waals surface area contributed by atoms with Crippen LogP contribution in [-0.2, 0) is 0 Å². The maximum Gasteiger partial charge on any atom is 0.113 e. The summed E-state index contributed by atoms with van der Waals surface area (Å²) < 4.78 is 5.20. The number of benzene rings is 10. The van der Waals surface area contributed by atoms with Crippen molar-refractivity contribution in [3.05, 3.63) is 218 Å². The summed E-state index contributed by atoms with van der Waals surface area (Å²) in [7, 11) is -1.90. The Bertz CT molecular complexity index is 4120. The lowest BCUT2D eigenvalue weighted by Crippen LogP contribution is -2.49. The van der Waals surface area contributed by atoms with E-state index in [1.54, 1.807) is 0 Å². The van der Waals surface area contributed by atoms with Crippen LogP contribution >= 0.6 is 11.3 Å². The molecule has 0 spiro atoms. The maximum absolute atomic E-state index is 2.54. The molecule has 0 radical (unpaired) electrons. The van der Waals surface area contributed by atoms with E-state index in [0.29, 0.717) is 0 Å². The molecule has 14 rings (SSSR count). The van der Waals surface area contributed by atoms with Crippen molar-refractivity contribution >= 4 is 116 Å². The Morgan fingerprint density at radius 1 is 0.364 bits per heavy atom. The summed E-state index contributed by atoms with van der Waals surface area (Å²) in [4.78, 5) is 2.44. The number of thiophene rings is 1. The second-order valence-corrected chi connectivity index (χ2v) is 23.9. The zero-order valence-corrected chi connectivity index (χ0v) is 38.4. The van der Waals surface area contributed by atoms with Gasteiger partial charge < -0.3 is 9.30 Å². The molecule has 0 saturated heterocycles. The molecule has 3 aromatic heterocycles. The van der Waals surface area contributed by atoms with Crippen molar-refractivity contribution in [2.75, 3.05) is 4.90 Å². The number of hydrogen-bond donors (Lipinski definition) is 0. The van der Waals surface area contributed by atoms with Crippen LogP contribution < -0.4 is 15.3 Å². The van der Waals surface area contributed by atoms with Gasteiger partial charge in [0.2, 0.25) is 0 Å². The lowest BCUT2D eigenvalue weighted by molar-refractivity contribution is 1.29. The average molecular weight is 875 g/mol. The van der Waals surface area contributed by atoms with E-state index in [9.17, 15) is 0 Å². The number of anilines is 3. The highest BCUT2D eigenvalue weighted by Crippen LogP contribution is 2.46. The van der Waals surface area contributed by atoms with Gasteiger partial charge in [-0.25, -0.2) is 0 Å². The fourth-order valence-electron chi connectivity index (χ4n) is 11.4. The summed E-state index contributed by atoms with van der Waals surface area (Å²) in [6, 6.07) is 81.8. The first-order chi connectivity index (χ1) is 32.5. The van der Waals surface area contributed by atoms with Crippen molar-refractivity contribution in [3.8, 4) is 33.4 Å². The fraction of sp³-hybridized carbons (Fsp3) is 0.0323. The Balaban J connectivity index is 0.940. The molecule has 0 aliphatic carbocycles. The van der Waals surface area contributed by atoms with E-state index in [4.69, 9.17) is 0 Å². The highest BCUT2D eigenvalue weighted by molar-refractivity contribution is 7.26. The molecule has 0 unspecified atom stereocenters. The van der Waals surface area contributed by atoms with E-state index in [2.05, 4.69) is 241 Å². The molecule has 13 aromatic rings. The van der Waals surface area contributed by atoms with Crippen LogP contribution in [-0.4, -0.2) is 12.5 Å². The van der Waals surface area contributed by atoms with Gasteiger partial charge >= 0.3 is 0 Å². The summed E-state index contributed by atoms with van der Waals surface area (Å²) in [6.07, 6.45) is 0.